The number of phenols is 1. The van der Waals surface area contributed by atoms with E-state index in [1.807, 2.05) is 6.92 Å². The zero-order valence-electron chi connectivity index (χ0n) is 9.77. The minimum absolute atomic E-state index is 0.205. The number of benzene rings is 2. The fraction of sp³-hybridized carbons (Fsp3) is 0.0714. The van der Waals surface area contributed by atoms with Crippen LogP contribution < -0.4 is 5.32 Å². The molecule has 0 aliphatic carbocycles. The van der Waals surface area contributed by atoms with E-state index in [0.717, 1.165) is 5.56 Å². The average molecular weight is 245 g/mol. The SMILES string of the molecule is Cc1ccc(C(=O)Nc2c(O)cccc2F)cc1. The van der Waals surface area contributed by atoms with Gasteiger partial charge in [-0.1, -0.05) is 23.8 Å². The Labute approximate surface area is 104 Å². The smallest absolute Gasteiger partial charge is 0.255 e. The molecule has 92 valence electrons. The monoisotopic (exact) mass is 245 g/mol. The Balaban J connectivity index is 2.24. The highest BCUT2D eigenvalue weighted by Crippen LogP contribution is 2.26. The van der Waals surface area contributed by atoms with Crippen LogP contribution >= 0.6 is 0 Å². The number of halogens is 1. The highest BCUT2D eigenvalue weighted by Gasteiger charge is 2.12. The summed E-state index contributed by atoms with van der Waals surface area (Å²) in [6, 6.07) is 10.7. The van der Waals surface area contributed by atoms with E-state index in [0.29, 0.717) is 5.56 Å². The Morgan fingerprint density at radius 1 is 1.17 bits per heavy atom. The molecule has 0 saturated heterocycles. The van der Waals surface area contributed by atoms with Crippen LogP contribution in [-0.2, 0) is 0 Å². The third kappa shape index (κ3) is 2.48. The van der Waals surface area contributed by atoms with Crippen LogP contribution in [0.3, 0.4) is 0 Å². The van der Waals surface area contributed by atoms with Gasteiger partial charge in [-0.25, -0.2) is 4.39 Å². The summed E-state index contributed by atoms with van der Waals surface area (Å²) in [7, 11) is 0. The number of hydrogen-bond donors (Lipinski definition) is 2. The number of carbonyl (C=O) groups is 1. The molecule has 2 aromatic carbocycles. The molecule has 0 atom stereocenters. The van der Waals surface area contributed by atoms with E-state index in [1.54, 1.807) is 24.3 Å². The fourth-order valence-corrected chi connectivity index (χ4v) is 1.53. The van der Waals surface area contributed by atoms with Crippen LogP contribution in [0.1, 0.15) is 15.9 Å². The number of phenolic OH excluding ortho intramolecular Hbond substituents is 1. The van der Waals surface area contributed by atoms with E-state index < -0.39 is 11.7 Å². The first-order chi connectivity index (χ1) is 8.58. The van der Waals surface area contributed by atoms with Crippen molar-refractivity contribution < 1.29 is 14.3 Å². The third-order valence-electron chi connectivity index (χ3n) is 2.54. The van der Waals surface area contributed by atoms with Crippen molar-refractivity contribution in [3.8, 4) is 5.75 Å². The first-order valence-corrected chi connectivity index (χ1v) is 5.43. The molecule has 2 rings (SSSR count). The number of rotatable bonds is 2. The second-order valence-corrected chi connectivity index (χ2v) is 3.95. The second-order valence-electron chi connectivity index (χ2n) is 3.95. The fourth-order valence-electron chi connectivity index (χ4n) is 1.53. The molecular weight excluding hydrogens is 233 g/mol. The van der Waals surface area contributed by atoms with E-state index in [9.17, 15) is 14.3 Å². The van der Waals surface area contributed by atoms with Crippen LogP contribution in [0.25, 0.3) is 0 Å². The summed E-state index contributed by atoms with van der Waals surface area (Å²) in [6.07, 6.45) is 0. The highest BCUT2D eigenvalue weighted by atomic mass is 19.1. The first-order valence-electron chi connectivity index (χ1n) is 5.43. The van der Waals surface area contributed by atoms with Gasteiger partial charge in [-0.2, -0.15) is 0 Å². The number of amides is 1. The molecule has 0 aliphatic rings. The molecule has 0 aromatic heterocycles. The number of anilines is 1. The molecule has 2 aromatic rings. The van der Waals surface area contributed by atoms with Crippen LogP contribution in [0.5, 0.6) is 5.75 Å². The van der Waals surface area contributed by atoms with Gasteiger partial charge in [0.1, 0.15) is 11.4 Å². The maximum Gasteiger partial charge on any atom is 0.255 e. The lowest BCUT2D eigenvalue weighted by Gasteiger charge is -2.08. The summed E-state index contributed by atoms with van der Waals surface area (Å²) >= 11 is 0. The molecule has 0 heterocycles. The minimum Gasteiger partial charge on any atom is -0.506 e. The predicted molar refractivity (Wildman–Crippen MR) is 67.2 cm³/mol. The van der Waals surface area contributed by atoms with Gasteiger partial charge in [0.15, 0.2) is 5.82 Å². The predicted octanol–water partition coefficient (Wildman–Crippen LogP) is 3.09. The Bertz CT molecular complexity index is 559. The Morgan fingerprint density at radius 2 is 1.83 bits per heavy atom. The molecule has 18 heavy (non-hydrogen) atoms. The zero-order chi connectivity index (χ0) is 13.1. The molecule has 0 spiro atoms. The molecule has 0 fully saturated rings. The van der Waals surface area contributed by atoms with E-state index >= 15 is 0 Å². The highest BCUT2D eigenvalue weighted by molar-refractivity contribution is 6.05. The maximum absolute atomic E-state index is 13.4. The molecule has 4 heteroatoms. The van der Waals surface area contributed by atoms with Crippen molar-refractivity contribution in [3.63, 3.8) is 0 Å². The maximum atomic E-state index is 13.4. The molecule has 0 aliphatic heterocycles. The van der Waals surface area contributed by atoms with Gasteiger partial charge in [-0.15, -0.1) is 0 Å². The third-order valence-corrected chi connectivity index (χ3v) is 2.54. The number of carbonyl (C=O) groups excluding carboxylic acids is 1. The summed E-state index contributed by atoms with van der Waals surface area (Å²) in [6.45, 7) is 1.91. The Hall–Kier alpha value is -2.36. The normalized spacial score (nSPS) is 10.1. The number of aromatic hydroxyl groups is 1. The van der Waals surface area contributed by atoms with Crippen molar-refractivity contribution in [2.24, 2.45) is 0 Å². The molecule has 1 amide bonds. The first kappa shape index (κ1) is 12.1. The lowest BCUT2D eigenvalue weighted by atomic mass is 10.1. The molecular formula is C14H12FNO2. The van der Waals surface area contributed by atoms with Crippen molar-refractivity contribution in [2.75, 3.05) is 5.32 Å². The van der Waals surface area contributed by atoms with Crippen molar-refractivity contribution >= 4 is 11.6 Å². The van der Waals surface area contributed by atoms with Crippen LogP contribution in [-0.4, -0.2) is 11.0 Å². The summed E-state index contributed by atoms with van der Waals surface area (Å²) < 4.78 is 13.4. The van der Waals surface area contributed by atoms with Gasteiger partial charge in [0.25, 0.3) is 5.91 Å². The van der Waals surface area contributed by atoms with Gasteiger partial charge in [-0.3, -0.25) is 4.79 Å². The van der Waals surface area contributed by atoms with Gasteiger partial charge >= 0.3 is 0 Å². The van der Waals surface area contributed by atoms with E-state index in [4.69, 9.17) is 0 Å². The number of hydrogen-bond acceptors (Lipinski definition) is 2. The van der Waals surface area contributed by atoms with Gasteiger partial charge in [0.2, 0.25) is 0 Å². The average Bonchev–Trinajstić information content (AvgIpc) is 2.34. The van der Waals surface area contributed by atoms with Crippen molar-refractivity contribution in [3.05, 3.63) is 59.4 Å². The Morgan fingerprint density at radius 3 is 2.44 bits per heavy atom. The van der Waals surface area contributed by atoms with Crippen LogP contribution in [0.15, 0.2) is 42.5 Å². The van der Waals surface area contributed by atoms with Gasteiger partial charge in [-0.05, 0) is 31.2 Å². The molecule has 2 N–H and O–H groups in total. The zero-order valence-corrected chi connectivity index (χ0v) is 9.77. The van der Waals surface area contributed by atoms with Gasteiger partial charge < -0.3 is 10.4 Å². The summed E-state index contributed by atoms with van der Waals surface area (Å²) in [5.41, 5.74) is 1.23. The molecule has 3 nitrogen and oxygen atoms in total. The van der Waals surface area contributed by atoms with Crippen LogP contribution in [0.2, 0.25) is 0 Å². The van der Waals surface area contributed by atoms with Gasteiger partial charge in [0.05, 0.1) is 0 Å². The topological polar surface area (TPSA) is 49.3 Å². The quantitative estimate of drug-likeness (QED) is 0.799. The summed E-state index contributed by atoms with van der Waals surface area (Å²) in [5, 5.41) is 11.8. The number of nitrogens with one attached hydrogen (secondary N) is 1. The van der Waals surface area contributed by atoms with Crippen molar-refractivity contribution in [2.45, 2.75) is 6.92 Å². The standard InChI is InChI=1S/C14H12FNO2/c1-9-5-7-10(8-6-9)14(18)16-13-11(15)3-2-4-12(13)17/h2-8,17H,1H3,(H,16,18). The van der Waals surface area contributed by atoms with E-state index in [1.165, 1.54) is 18.2 Å². The van der Waals surface area contributed by atoms with Crippen molar-refractivity contribution in [1.82, 2.24) is 0 Å². The molecule has 0 radical (unpaired) electrons. The number of para-hydroxylation sites is 1. The summed E-state index contributed by atoms with van der Waals surface area (Å²) in [5.74, 6) is -1.43. The van der Waals surface area contributed by atoms with Crippen LogP contribution in [0.4, 0.5) is 10.1 Å². The molecule has 0 bridgehead atoms. The minimum atomic E-state index is -0.671. The van der Waals surface area contributed by atoms with Crippen LogP contribution in [0, 0.1) is 12.7 Å². The van der Waals surface area contributed by atoms with Crippen molar-refractivity contribution in [1.29, 1.82) is 0 Å². The largest absolute Gasteiger partial charge is 0.506 e. The van der Waals surface area contributed by atoms with E-state index in [-0.39, 0.29) is 11.4 Å². The van der Waals surface area contributed by atoms with Gasteiger partial charge in [0, 0.05) is 5.56 Å². The van der Waals surface area contributed by atoms with E-state index in [2.05, 4.69) is 5.32 Å². The summed E-state index contributed by atoms with van der Waals surface area (Å²) in [4.78, 5) is 11.8. The lowest BCUT2D eigenvalue weighted by molar-refractivity contribution is 0.102. The Kier molecular flexibility index (Phi) is 3.28. The molecule has 0 saturated carbocycles. The second kappa shape index (κ2) is 4.87. The lowest BCUT2D eigenvalue weighted by Crippen LogP contribution is -2.13. The molecule has 0 unspecified atom stereocenters. The number of aryl methyl sites for hydroxylation is 1.